The van der Waals surface area contributed by atoms with Gasteiger partial charge in [-0.05, 0) is 177 Å². The molecule has 0 radical (unpaired) electrons. The number of nitrogens with one attached hydrogen (secondary N) is 1. The molecule has 2 heterocycles. The Kier molecular flexibility index (Phi) is 16.2. The molecule has 2 N–H and O–H groups in total. The zero-order valence-corrected chi connectivity index (χ0v) is 49.0. The van der Waals surface area contributed by atoms with E-state index < -0.39 is 76.9 Å². The normalized spacial score (nSPS) is 15.9. The van der Waals surface area contributed by atoms with Crippen molar-refractivity contribution >= 4 is 102 Å². The Balaban J connectivity index is 0.00000115. The number of aryl methyl sites for hydroxylation is 2. The number of fused-ring (bicyclic) bond motifs is 6. The molecule has 0 atom stereocenters. The number of aromatic carboxylic acids is 1. The van der Waals surface area contributed by atoms with Gasteiger partial charge >= 0.3 is 5.97 Å². The van der Waals surface area contributed by atoms with Crippen LogP contribution in [-0.2, 0) is 51.3 Å². The number of rotatable bonds is 14. The van der Waals surface area contributed by atoms with Gasteiger partial charge in [-0.3, -0.25) is 0 Å². The maximum atomic E-state index is 12.7. The number of anilines is 2. The minimum absolute atomic E-state index is 0.0217. The van der Waals surface area contributed by atoms with Crippen molar-refractivity contribution in [1.29, 1.82) is 0 Å². The molecule has 7 aromatic rings. The zero-order valence-electron chi connectivity index (χ0n) is 45.8. The molecule has 0 aliphatic carbocycles. The summed E-state index contributed by atoms with van der Waals surface area (Å²) in [5, 5.41) is 11.5. The SMILES string of the molecule is CC[NH+](CC)CC.Cc1cc(S(=O)(=O)[O-])c2ccc3c(c2c1)C(C)(C)\C(=C/C=C(/C=C/C1=[N+](c2cccc(S(=O)(=O)[O-])c2)c2ccc4c(C)cc(S(=O)(=O)[O-])cc4c2C1(C)C)c1ccc(C(=O)O)cc1)N3c1cccc(S(=O)(=O)[O-])c1. The Bertz CT molecular complexity index is 4340. The molecule has 17 nitrogen and oxygen atoms in total. The minimum atomic E-state index is -4.98. The van der Waals surface area contributed by atoms with E-state index in [4.69, 9.17) is 0 Å². The van der Waals surface area contributed by atoms with Gasteiger partial charge in [0, 0.05) is 46.6 Å². The van der Waals surface area contributed by atoms with Crippen LogP contribution in [0.3, 0.4) is 0 Å². The van der Waals surface area contributed by atoms with Gasteiger partial charge in [0.1, 0.15) is 40.5 Å². The Morgan fingerprint density at radius 2 is 1.17 bits per heavy atom. The number of carboxylic acids is 1. The summed E-state index contributed by atoms with van der Waals surface area (Å²) in [4.78, 5) is 13.5. The van der Waals surface area contributed by atoms with Gasteiger partial charge in [0.05, 0.1) is 55.9 Å². The summed E-state index contributed by atoms with van der Waals surface area (Å²) in [5.74, 6) is -1.19. The Hall–Kier alpha value is -7.18. The van der Waals surface area contributed by atoms with Crippen LogP contribution in [-0.4, -0.2) is 88.3 Å². The van der Waals surface area contributed by atoms with Crippen LogP contribution >= 0.6 is 0 Å². The number of benzene rings is 7. The highest BCUT2D eigenvalue weighted by atomic mass is 32.2. The fourth-order valence-electron chi connectivity index (χ4n) is 11.0. The molecule has 81 heavy (non-hydrogen) atoms. The lowest BCUT2D eigenvalue weighted by atomic mass is 9.78. The van der Waals surface area contributed by atoms with Crippen molar-refractivity contribution in [2.45, 2.75) is 92.7 Å². The predicted octanol–water partition coefficient (Wildman–Crippen LogP) is 9.08. The fourth-order valence-corrected chi connectivity index (χ4v) is 13.4. The van der Waals surface area contributed by atoms with E-state index in [9.17, 15) is 61.8 Å². The molecular formula is C60H59N3O14S4-2. The average Bonchev–Trinajstić information content (AvgIpc) is 3.98. The van der Waals surface area contributed by atoms with E-state index in [1.54, 1.807) is 101 Å². The molecule has 2 aliphatic heterocycles. The number of hydrogen-bond acceptors (Lipinski definition) is 14. The second kappa shape index (κ2) is 21.9. The van der Waals surface area contributed by atoms with Crippen LogP contribution in [0, 0.1) is 13.8 Å². The molecule has 0 fully saturated rings. The number of allylic oxidation sites excluding steroid dienone is 6. The monoisotopic (exact) mass is 1170 g/mol. The molecule has 7 aromatic carbocycles. The van der Waals surface area contributed by atoms with Crippen LogP contribution in [0.4, 0.5) is 22.7 Å². The standard InChI is InChI=1S/C54H46N2O14S4.C6H15N/c1-31-25-43-42(47(26-31)74(68,69)70)20-22-46-50(43)53(3,4)48(56(46)37-10-8-12-39(29-37)72(62,63)64)23-17-34(33-13-15-35(16-14-33)52(57)58)18-24-49-54(5,6)51-44-30-40(73(65,66)67)27-32(2)41(44)19-21-45(51)55(49)36-9-7-11-38(28-36)71(59,60)61;1-4-7(5-2)6-3/h7-30H,1-6H3,(H4-,57,58,59,60,61,62,63,64,65,66,67,68,69,70);4-6H2,1-3H3/p-2. The van der Waals surface area contributed by atoms with E-state index >= 15 is 0 Å². The van der Waals surface area contributed by atoms with Gasteiger partial charge in [-0.1, -0.05) is 56.3 Å². The van der Waals surface area contributed by atoms with Crippen molar-refractivity contribution in [2.75, 3.05) is 24.5 Å². The van der Waals surface area contributed by atoms with Crippen molar-refractivity contribution in [3.63, 3.8) is 0 Å². The number of hydrogen-bond donors (Lipinski definition) is 2. The summed E-state index contributed by atoms with van der Waals surface area (Å²) < 4.78 is 152. The lowest BCUT2D eigenvalue weighted by molar-refractivity contribution is -0.894. The van der Waals surface area contributed by atoms with Crippen LogP contribution in [0.5, 0.6) is 0 Å². The van der Waals surface area contributed by atoms with Gasteiger partial charge in [0.15, 0.2) is 5.71 Å². The molecule has 0 spiro atoms. The van der Waals surface area contributed by atoms with Crippen molar-refractivity contribution in [2.24, 2.45) is 0 Å². The predicted molar refractivity (Wildman–Crippen MR) is 308 cm³/mol. The van der Waals surface area contributed by atoms with E-state index in [2.05, 4.69) is 20.8 Å². The highest BCUT2D eigenvalue weighted by Gasteiger charge is 2.47. The second-order valence-corrected chi connectivity index (χ2v) is 26.4. The lowest BCUT2D eigenvalue weighted by Gasteiger charge is -2.28. The van der Waals surface area contributed by atoms with E-state index in [1.807, 2.05) is 27.7 Å². The second-order valence-electron chi connectivity index (χ2n) is 20.9. The fraction of sp³-hybridized carbons (Fsp3) is 0.233. The van der Waals surface area contributed by atoms with Gasteiger partial charge in [-0.15, -0.1) is 0 Å². The maximum absolute atomic E-state index is 12.7. The molecule has 424 valence electrons. The number of quaternary nitrogens is 1. The molecule has 0 bridgehead atoms. The van der Waals surface area contributed by atoms with Crippen LogP contribution in [0.25, 0.3) is 27.1 Å². The van der Waals surface area contributed by atoms with Crippen molar-refractivity contribution in [3.8, 4) is 0 Å². The van der Waals surface area contributed by atoms with Gasteiger partial charge in [0.25, 0.3) is 0 Å². The summed E-state index contributed by atoms with van der Waals surface area (Å²) >= 11 is 0. The van der Waals surface area contributed by atoms with Gasteiger partial charge in [0.2, 0.25) is 11.4 Å². The van der Waals surface area contributed by atoms with E-state index in [-0.39, 0.29) is 22.3 Å². The summed E-state index contributed by atoms with van der Waals surface area (Å²) in [6, 6.07) is 28.9. The Morgan fingerprint density at radius 1 is 0.605 bits per heavy atom. The molecule has 21 heteroatoms. The zero-order chi connectivity index (χ0) is 59.5. The molecule has 2 aliphatic rings. The smallest absolute Gasteiger partial charge is 0.335 e. The third-order valence-electron chi connectivity index (χ3n) is 15.1. The number of nitrogens with zero attached hydrogens (tertiary/aromatic N) is 2. The lowest BCUT2D eigenvalue weighted by Crippen LogP contribution is -3.11. The highest BCUT2D eigenvalue weighted by molar-refractivity contribution is 7.86. The molecule has 0 saturated heterocycles. The molecule has 9 rings (SSSR count). The first-order valence-electron chi connectivity index (χ1n) is 25.7. The van der Waals surface area contributed by atoms with Crippen LogP contribution in [0.15, 0.2) is 171 Å². The Labute approximate surface area is 472 Å². The minimum Gasteiger partial charge on any atom is -0.744 e. The summed E-state index contributed by atoms with van der Waals surface area (Å²) in [6.07, 6.45) is 6.89. The summed E-state index contributed by atoms with van der Waals surface area (Å²) in [5.41, 5.74) is 3.23. The third kappa shape index (κ3) is 11.7. The van der Waals surface area contributed by atoms with E-state index in [0.29, 0.717) is 72.3 Å². The first-order valence-corrected chi connectivity index (χ1v) is 31.3. The van der Waals surface area contributed by atoms with Gasteiger partial charge in [-0.25, -0.2) is 38.5 Å². The topological polar surface area (TPSA) is 277 Å². The summed E-state index contributed by atoms with van der Waals surface area (Å²) in [7, 11) is -19.9. The van der Waals surface area contributed by atoms with Crippen LogP contribution in [0.2, 0.25) is 0 Å². The number of carbonyl (C=O) groups is 1. The molecule has 0 saturated carbocycles. The van der Waals surface area contributed by atoms with E-state index in [0.717, 1.165) is 12.1 Å². The largest absolute Gasteiger partial charge is 0.744 e. The average molecular weight is 1170 g/mol. The molecular weight excluding hydrogens is 1110 g/mol. The Morgan fingerprint density at radius 3 is 1.74 bits per heavy atom. The first kappa shape index (κ1) is 59.9. The van der Waals surface area contributed by atoms with Crippen molar-refractivity contribution in [1.82, 2.24) is 4.58 Å². The quantitative estimate of drug-likeness (QED) is 0.0583. The molecule has 0 amide bonds. The number of carboxylic acid groups (broad SMARTS) is 1. The van der Waals surface area contributed by atoms with Crippen molar-refractivity contribution < 1.29 is 66.7 Å². The first-order chi connectivity index (χ1) is 37.7. The molecule has 0 unspecified atom stereocenters. The summed E-state index contributed by atoms with van der Waals surface area (Å²) in [6.45, 7) is 21.2. The third-order valence-corrected chi connectivity index (χ3v) is 18.5. The van der Waals surface area contributed by atoms with Crippen molar-refractivity contribution in [3.05, 3.63) is 185 Å². The van der Waals surface area contributed by atoms with Crippen LogP contribution in [0.1, 0.15) is 86.6 Å². The maximum Gasteiger partial charge on any atom is 0.335 e. The van der Waals surface area contributed by atoms with Gasteiger partial charge in [-0.2, -0.15) is 4.58 Å². The molecule has 0 aromatic heterocycles. The van der Waals surface area contributed by atoms with Gasteiger partial charge < -0.3 is 33.1 Å². The van der Waals surface area contributed by atoms with E-state index in [1.165, 1.54) is 80.3 Å². The van der Waals surface area contributed by atoms with Crippen LogP contribution < -0.4 is 14.4 Å². The highest BCUT2D eigenvalue weighted by Crippen LogP contribution is 2.55.